The summed E-state index contributed by atoms with van der Waals surface area (Å²) in [5.74, 6) is 0.549. The Hall–Kier alpha value is -4.38. The molecule has 0 radical (unpaired) electrons. The van der Waals surface area contributed by atoms with Crippen LogP contribution in [0.25, 0.3) is 33.1 Å². The molecule has 4 aromatic carbocycles. The molecule has 1 aromatic heterocycles. The second-order valence-corrected chi connectivity index (χ2v) is 7.87. The molecule has 0 amide bonds. The fraction of sp³-hybridized carbons (Fsp3) is 0.103. The van der Waals surface area contributed by atoms with E-state index in [4.69, 9.17) is 13.9 Å². The molecule has 0 fully saturated rings. The molecule has 0 aliphatic heterocycles. The first-order valence-corrected chi connectivity index (χ1v) is 11.1. The molecule has 0 saturated carbocycles. The fourth-order valence-corrected chi connectivity index (χ4v) is 3.90. The Labute approximate surface area is 196 Å². The molecule has 0 spiro atoms. The topological polar surface area (TPSA) is 65.7 Å². The smallest absolute Gasteiger partial charge is 0.341 e. The summed E-state index contributed by atoms with van der Waals surface area (Å²) in [6.07, 6.45) is 0. The zero-order valence-corrected chi connectivity index (χ0v) is 18.6. The van der Waals surface area contributed by atoms with Crippen molar-refractivity contribution in [1.29, 1.82) is 0 Å². The number of rotatable bonds is 6. The molecular weight excluding hydrogens is 428 g/mol. The molecule has 1 heterocycles. The van der Waals surface area contributed by atoms with Gasteiger partial charge in [-0.2, -0.15) is 0 Å². The number of benzene rings is 4. The Bertz CT molecular complexity index is 1550. The first kappa shape index (κ1) is 21.5. The van der Waals surface area contributed by atoms with E-state index in [1.54, 1.807) is 25.1 Å². The van der Waals surface area contributed by atoms with Gasteiger partial charge in [-0.1, -0.05) is 42.5 Å². The third-order valence-electron chi connectivity index (χ3n) is 5.61. The molecule has 0 saturated heterocycles. The van der Waals surface area contributed by atoms with Gasteiger partial charge in [0.2, 0.25) is 0 Å². The minimum atomic E-state index is -0.522. The van der Waals surface area contributed by atoms with E-state index in [2.05, 4.69) is 30.3 Å². The van der Waals surface area contributed by atoms with Crippen LogP contribution < -0.4 is 10.2 Å². The highest BCUT2D eigenvalue weighted by Gasteiger charge is 2.16. The first-order valence-electron chi connectivity index (χ1n) is 11.1. The summed E-state index contributed by atoms with van der Waals surface area (Å²) in [6, 6.07) is 28.1. The van der Waals surface area contributed by atoms with Crippen LogP contribution in [-0.4, -0.2) is 12.6 Å². The van der Waals surface area contributed by atoms with Crippen LogP contribution in [0.4, 0.5) is 0 Å². The molecular formula is C29H22O5. The van der Waals surface area contributed by atoms with Gasteiger partial charge in [0, 0.05) is 11.6 Å². The van der Waals surface area contributed by atoms with E-state index < -0.39 is 5.97 Å². The molecule has 168 valence electrons. The summed E-state index contributed by atoms with van der Waals surface area (Å²) in [5.41, 5.74) is 2.01. The minimum Gasteiger partial charge on any atom is -0.489 e. The van der Waals surface area contributed by atoms with Gasteiger partial charge < -0.3 is 13.9 Å². The SMILES string of the molecule is CCOC(=O)c1cccc2c(=O)cc(-c3ccc(OCc4ccc5ccccc5c4)cc3)oc12. The highest BCUT2D eigenvalue weighted by Crippen LogP contribution is 2.27. The highest BCUT2D eigenvalue weighted by molar-refractivity contribution is 6.02. The lowest BCUT2D eigenvalue weighted by Gasteiger charge is -2.09. The number of para-hydroxylation sites is 1. The fourth-order valence-electron chi connectivity index (χ4n) is 3.90. The lowest BCUT2D eigenvalue weighted by molar-refractivity contribution is 0.0527. The van der Waals surface area contributed by atoms with Crippen LogP contribution in [0.3, 0.4) is 0 Å². The van der Waals surface area contributed by atoms with Gasteiger partial charge in [0.25, 0.3) is 0 Å². The summed E-state index contributed by atoms with van der Waals surface area (Å²) in [4.78, 5) is 25.0. The standard InChI is InChI=1S/C29H22O5/c1-2-32-29(31)25-9-5-8-24-26(30)17-27(34-28(24)25)21-12-14-23(15-13-21)33-18-19-10-11-20-6-3-4-7-22(20)16-19/h3-17H,2,18H2,1H3. The average molecular weight is 450 g/mol. The van der Waals surface area contributed by atoms with Crippen LogP contribution >= 0.6 is 0 Å². The second kappa shape index (κ2) is 9.24. The zero-order chi connectivity index (χ0) is 23.5. The van der Waals surface area contributed by atoms with Gasteiger partial charge >= 0.3 is 5.97 Å². The minimum absolute atomic E-state index is 0.222. The summed E-state index contributed by atoms with van der Waals surface area (Å²) >= 11 is 0. The van der Waals surface area contributed by atoms with E-state index in [9.17, 15) is 9.59 Å². The maximum absolute atomic E-state index is 12.7. The quantitative estimate of drug-likeness (QED) is 0.281. The van der Waals surface area contributed by atoms with Crippen molar-refractivity contribution in [3.8, 4) is 17.1 Å². The largest absolute Gasteiger partial charge is 0.489 e. The van der Waals surface area contributed by atoms with Gasteiger partial charge in [0.1, 0.15) is 23.7 Å². The molecule has 0 unspecified atom stereocenters. The van der Waals surface area contributed by atoms with Crippen molar-refractivity contribution in [1.82, 2.24) is 0 Å². The maximum atomic E-state index is 12.7. The van der Waals surface area contributed by atoms with E-state index >= 15 is 0 Å². The van der Waals surface area contributed by atoms with Crippen LogP contribution in [-0.2, 0) is 11.3 Å². The van der Waals surface area contributed by atoms with Crippen molar-refractivity contribution in [3.63, 3.8) is 0 Å². The number of carbonyl (C=O) groups excluding carboxylic acids is 1. The van der Waals surface area contributed by atoms with Crippen molar-refractivity contribution >= 4 is 27.7 Å². The van der Waals surface area contributed by atoms with E-state index in [1.807, 2.05) is 36.4 Å². The Morgan fingerprint density at radius 2 is 1.65 bits per heavy atom. The molecule has 0 aliphatic carbocycles. The van der Waals surface area contributed by atoms with Crippen LogP contribution in [0.2, 0.25) is 0 Å². The lowest BCUT2D eigenvalue weighted by Crippen LogP contribution is -2.08. The Morgan fingerprint density at radius 3 is 2.44 bits per heavy atom. The van der Waals surface area contributed by atoms with Crippen molar-refractivity contribution in [2.45, 2.75) is 13.5 Å². The maximum Gasteiger partial charge on any atom is 0.341 e. The van der Waals surface area contributed by atoms with Gasteiger partial charge in [-0.3, -0.25) is 4.79 Å². The van der Waals surface area contributed by atoms with E-state index in [-0.39, 0.29) is 23.2 Å². The number of carbonyl (C=O) groups is 1. The Morgan fingerprint density at radius 1 is 0.853 bits per heavy atom. The average Bonchev–Trinajstić information content (AvgIpc) is 2.87. The molecule has 0 bridgehead atoms. The third kappa shape index (κ3) is 4.28. The van der Waals surface area contributed by atoms with Crippen LogP contribution in [0.5, 0.6) is 5.75 Å². The molecule has 5 rings (SSSR count). The molecule has 5 aromatic rings. The van der Waals surface area contributed by atoms with Crippen molar-refractivity contribution in [2.75, 3.05) is 6.61 Å². The molecule has 5 nitrogen and oxygen atoms in total. The third-order valence-corrected chi connectivity index (χ3v) is 5.61. The van der Waals surface area contributed by atoms with Crippen molar-refractivity contribution in [3.05, 3.63) is 112 Å². The number of hydrogen-bond acceptors (Lipinski definition) is 5. The summed E-state index contributed by atoms with van der Waals surface area (Å²) in [5, 5.41) is 2.70. The number of hydrogen-bond donors (Lipinski definition) is 0. The van der Waals surface area contributed by atoms with E-state index in [0.29, 0.717) is 29.1 Å². The predicted molar refractivity (Wildman–Crippen MR) is 132 cm³/mol. The number of fused-ring (bicyclic) bond motifs is 2. The van der Waals surface area contributed by atoms with Gasteiger partial charge in [-0.05, 0) is 65.7 Å². The van der Waals surface area contributed by atoms with E-state index in [0.717, 1.165) is 5.56 Å². The normalized spacial score (nSPS) is 11.0. The highest BCUT2D eigenvalue weighted by atomic mass is 16.5. The van der Waals surface area contributed by atoms with Crippen LogP contribution in [0.15, 0.2) is 100 Å². The van der Waals surface area contributed by atoms with E-state index in [1.165, 1.54) is 16.8 Å². The molecule has 0 atom stereocenters. The summed E-state index contributed by atoms with van der Waals surface area (Å²) in [7, 11) is 0. The number of ether oxygens (including phenoxy) is 2. The summed E-state index contributed by atoms with van der Waals surface area (Å²) < 4.78 is 17.1. The molecule has 0 N–H and O–H groups in total. The Kier molecular flexibility index (Phi) is 5.83. The van der Waals surface area contributed by atoms with Crippen molar-refractivity contribution in [2.24, 2.45) is 0 Å². The zero-order valence-electron chi connectivity index (χ0n) is 18.6. The van der Waals surface area contributed by atoms with Crippen LogP contribution in [0, 0.1) is 0 Å². The van der Waals surface area contributed by atoms with Gasteiger partial charge in [-0.25, -0.2) is 4.79 Å². The lowest BCUT2D eigenvalue weighted by atomic mass is 10.1. The molecule has 5 heteroatoms. The Balaban J connectivity index is 1.39. The van der Waals surface area contributed by atoms with Gasteiger partial charge in [-0.15, -0.1) is 0 Å². The monoisotopic (exact) mass is 450 g/mol. The van der Waals surface area contributed by atoms with Crippen LogP contribution in [0.1, 0.15) is 22.8 Å². The summed E-state index contributed by atoms with van der Waals surface area (Å²) in [6.45, 7) is 2.41. The number of esters is 1. The molecule has 0 aliphatic rings. The van der Waals surface area contributed by atoms with Gasteiger partial charge in [0.15, 0.2) is 11.0 Å². The predicted octanol–water partition coefficient (Wildman–Crippen LogP) is 6.37. The second-order valence-electron chi connectivity index (χ2n) is 7.87. The van der Waals surface area contributed by atoms with Gasteiger partial charge in [0.05, 0.1) is 12.0 Å². The molecule has 34 heavy (non-hydrogen) atoms. The first-order chi connectivity index (χ1) is 16.6. The van der Waals surface area contributed by atoms with Crippen molar-refractivity contribution < 1.29 is 18.7 Å².